The van der Waals surface area contributed by atoms with Crippen LogP contribution in [0.1, 0.15) is 19.3 Å². The molecule has 0 aromatic carbocycles. The summed E-state index contributed by atoms with van der Waals surface area (Å²) in [6.07, 6.45) is 7.34. The summed E-state index contributed by atoms with van der Waals surface area (Å²) in [7, 11) is 1.66. The van der Waals surface area contributed by atoms with E-state index in [0.717, 1.165) is 19.3 Å². The second-order valence-corrected chi connectivity index (χ2v) is 4.40. The molecule has 0 saturated heterocycles. The third kappa shape index (κ3) is 2.40. The zero-order chi connectivity index (χ0) is 10.7. The summed E-state index contributed by atoms with van der Waals surface area (Å²) < 4.78 is 10.1. The van der Waals surface area contributed by atoms with Gasteiger partial charge in [-0.3, -0.25) is 4.79 Å². The van der Waals surface area contributed by atoms with Crippen molar-refractivity contribution in [3.63, 3.8) is 0 Å². The molecule has 3 nitrogen and oxygen atoms in total. The number of esters is 1. The molecule has 0 aromatic rings. The van der Waals surface area contributed by atoms with E-state index < -0.39 is 0 Å². The predicted molar refractivity (Wildman–Crippen MR) is 56.3 cm³/mol. The van der Waals surface area contributed by atoms with Gasteiger partial charge >= 0.3 is 5.97 Å². The van der Waals surface area contributed by atoms with Gasteiger partial charge in [-0.2, -0.15) is 0 Å². The van der Waals surface area contributed by atoms with Crippen LogP contribution in [0.15, 0.2) is 12.2 Å². The Morgan fingerprint density at radius 2 is 2.20 bits per heavy atom. The summed E-state index contributed by atoms with van der Waals surface area (Å²) in [4.78, 5) is 11.7. The largest absolute Gasteiger partial charge is 0.465 e. The van der Waals surface area contributed by atoms with Gasteiger partial charge in [0.1, 0.15) is 0 Å². The lowest BCUT2D eigenvalue weighted by atomic mass is 9.94. The highest BCUT2D eigenvalue weighted by atomic mass is 16.5. The molecule has 1 saturated carbocycles. The average Bonchev–Trinajstić information content (AvgIpc) is 2.85. The lowest BCUT2D eigenvalue weighted by Crippen LogP contribution is -2.22. The summed E-state index contributed by atoms with van der Waals surface area (Å²) in [5, 5.41) is 0. The van der Waals surface area contributed by atoms with Crippen LogP contribution in [0.5, 0.6) is 0 Å². The van der Waals surface area contributed by atoms with Crippen LogP contribution in [0.2, 0.25) is 0 Å². The number of fused-ring (bicyclic) bond motifs is 2. The van der Waals surface area contributed by atoms with Gasteiger partial charge in [-0.25, -0.2) is 0 Å². The maximum Gasteiger partial charge on any atom is 0.309 e. The van der Waals surface area contributed by atoms with Crippen LogP contribution in [0.4, 0.5) is 0 Å². The molecule has 3 heteroatoms. The number of carbonyl (C=O) groups is 1. The lowest BCUT2D eigenvalue weighted by molar-refractivity contribution is -0.149. The summed E-state index contributed by atoms with van der Waals surface area (Å²) in [6, 6.07) is 0. The molecule has 0 heterocycles. The molecule has 0 aliphatic heterocycles. The molecule has 0 radical (unpaired) electrons. The third-order valence-corrected chi connectivity index (χ3v) is 3.32. The van der Waals surface area contributed by atoms with Gasteiger partial charge < -0.3 is 9.47 Å². The van der Waals surface area contributed by atoms with Gasteiger partial charge in [0, 0.05) is 20.1 Å². The van der Waals surface area contributed by atoms with Crippen LogP contribution in [0.3, 0.4) is 0 Å². The van der Waals surface area contributed by atoms with Crippen LogP contribution in [-0.2, 0) is 14.3 Å². The van der Waals surface area contributed by atoms with Gasteiger partial charge in [0.05, 0.1) is 12.5 Å². The number of ether oxygens (including phenoxy) is 2. The SMILES string of the molecule is COCCCOC(=O)C1C[C@H]2C=CC1C2. The Kier molecular flexibility index (Phi) is 3.41. The van der Waals surface area contributed by atoms with Crippen molar-refractivity contribution in [2.45, 2.75) is 19.3 Å². The topological polar surface area (TPSA) is 35.5 Å². The summed E-state index contributed by atoms with van der Waals surface area (Å²) in [5.41, 5.74) is 0. The minimum absolute atomic E-state index is 0.0112. The number of rotatable bonds is 5. The van der Waals surface area contributed by atoms with E-state index in [1.165, 1.54) is 0 Å². The zero-order valence-electron chi connectivity index (χ0n) is 9.15. The van der Waals surface area contributed by atoms with E-state index in [2.05, 4.69) is 12.2 Å². The van der Waals surface area contributed by atoms with Gasteiger partial charge in [0.25, 0.3) is 0 Å². The molecule has 3 atom stereocenters. The van der Waals surface area contributed by atoms with Gasteiger partial charge in [0.2, 0.25) is 0 Å². The second kappa shape index (κ2) is 4.79. The minimum atomic E-state index is -0.0112. The number of methoxy groups -OCH3 is 1. The molecule has 15 heavy (non-hydrogen) atoms. The highest BCUT2D eigenvalue weighted by Crippen LogP contribution is 2.43. The fraction of sp³-hybridized carbons (Fsp3) is 0.750. The predicted octanol–water partition coefficient (Wildman–Crippen LogP) is 1.78. The van der Waals surface area contributed by atoms with E-state index in [0.29, 0.717) is 25.0 Å². The minimum Gasteiger partial charge on any atom is -0.465 e. The molecule has 0 spiro atoms. The van der Waals surface area contributed by atoms with Gasteiger partial charge in [0.15, 0.2) is 0 Å². The van der Waals surface area contributed by atoms with Crippen LogP contribution in [0.25, 0.3) is 0 Å². The first-order chi connectivity index (χ1) is 7.31. The molecule has 2 aliphatic carbocycles. The first-order valence-corrected chi connectivity index (χ1v) is 5.65. The molecule has 0 amide bonds. The Morgan fingerprint density at radius 1 is 1.33 bits per heavy atom. The zero-order valence-corrected chi connectivity index (χ0v) is 9.15. The summed E-state index contributed by atoms with van der Waals surface area (Å²) >= 11 is 0. The van der Waals surface area contributed by atoms with Crippen LogP contribution in [0, 0.1) is 17.8 Å². The number of hydrogen-bond donors (Lipinski definition) is 0. The summed E-state index contributed by atoms with van der Waals surface area (Å²) in [6.45, 7) is 1.15. The number of hydrogen-bond acceptors (Lipinski definition) is 3. The molecule has 2 bridgehead atoms. The normalized spacial score (nSPS) is 32.2. The van der Waals surface area contributed by atoms with E-state index in [-0.39, 0.29) is 11.9 Å². The van der Waals surface area contributed by atoms with Crippen molar-refractivity contribution in [3.8, 4) is 0 Å². The Morgan fingerprint density at radius 3 is 2.80 bits per heavy atom. The molecule has 2 aliphatic rings. The first kappa shape index (κ1) is 10.7. The van der Waals surface area contributed by atoms with E-state index >= 15 is 0 Å². The van der Waals surface area contributed by atoms with Crippen molar-refractivity contribution in [3.05, 3.63) is 12.2 Å². The fourth-order valence-corrected chi connectivity index (χ4v) is 2.53. The molecular formula is C12H18O3. The first-order valence-electron chi connectivity index (χ1n) is 5.65. The van der Waals surface area contributed by atoms with Gasteiger partial charge in [-0.15, -0.1) is 0 Å². The molecule has 1 fully saturated rings. The van der Waals surface area contributed by atoms with Crippen molar-refractivity contribution >= 4 is 5.97 Å². The van der Waals surface area contributed by atoms with Gasteiger partial charge in [-0.05, 0) is 24.7 Å². The van der Waals surface area contributed by atoms with Crippen molar-refractivity contribution in [2.24, 2.45) is 17.8 Å². The van der Waals surface area contributed by atoms with Crippen LogP contribution >= 0.6 is 0 Å². The van der Waals surface area contributed by atoms with Crippen molar-refractivity contribution in [1.82, 2.24) is 0 Å². The second-order valence-electron chi connectivity index (χ2n) is 4.40. The smallest absolute Gasteiger partial charge is 0.309 e. The van der Waals surface area contributed by atoms with Crippen molar-refractivity contribution in [2.75, 3.05) is 20.3 Å². The van der Waals surface area contributed by atoms with E-state index in [9.17, 15) is 4.79 Å². The Balaban J connectivity index is 1.70. The quantitative estimate of drug-likeness (QED) is 0.394. The van der Waals surface area contributed by atoms with E-state index in [1.54, 1.807) is 7.11 Å². The molecule has 2 rings (SSSR count). The highest BCUT2D eigenvalue weighted by Gasteiger charge is 2.40. The maximum absolute atomic E-state index is 11.7. The maximum atomic E-state index is 11.7. The van der Waals surface area contributed by atoms with E-state index in [4.69, 9.17) is 9.47 Å². The monoisotopic (exact) mass is 210 g/mol. The fourth-order valence-electron chi connectivity index (χ4n) is 2.53. The molecule has 84 valence electrons. The third-order valence-electron chi connectivity index (χ3n) is 3.32. The van der Waals surface area contributed by atoms with Crippen molar-refractivity contribution in [1.29, 1.82) is 0 Å². The number of carbonyl (C=O) groups excluding carboxylic acids is 1. The Hall–Kier alpha value is -0.830. The van der Waals surface area contributed by atoms with Gasteiger partial charge in [-0.1, -0.05) is 12.2 Å². The summed E-state index contributed by atoms with van der Waals surface area (Å²) in [5.74, 6) is 1.20. The molecule has 0 N–H and O–H groups in total. The Labute approximate surface area is 90.4 Å². The number of allylic oxidation sites excluding steroid dienone is 2. The Bertz CT molecular complexity index is 260. The standard InChI is InChI=1S/C12H18O3/c1-14-5-2-6-15-12(13)11-8-9-3-4-10(11)7-9/h3-4,9-11H,2,5-8H2,1H3/t9-,10?,11?/m0/s1. The molecule has 2 unspecified atom stereocenters. The molecular weight excluding hydrogens is 192 g/mol. The average molecular weight is 210 g/mol. The van der Waals surface area contributed by atoms with E-state index in [1.807, 2.05) is 0 Å². The van der Waals surface area contributed by atoms with Crippen LogP contribution < -0.4 is 0 Å². The molecule has 0 aromatic heterocycles. The lowest BCUT2D eigenvalue weighted by Gasteiger charge is -2.16. The van der Waals surface area contributed by atoms with Crippen molar-refractivity contribution < 1.29 is 14.3 Å². The highest BCUT2D eigenvalue weighted by molar-refractivity contribution is 5.74. The van der Waals surface area contributed by atoms with Crippen LogP contribution in [-0.4, -0.2) is 26.3 Å².